The van der Waals surface area contributed by atoms with Crippen LogP contribution in [0.2, 0.25) is 0 Å². The molecular formula is C8H7F2N3. The van der Waals surface area contributed by atoms with Gasteiger partial charge in [0.05, 0.1) is 11.6 Å². The Morgan fingerprint density at radius 2 is 2.31 bits per heavy atom. The number of nitrogens with two attached hydrogens (primary N) is 1. The standard InChI is InChI=1S/C8H7F2N3/c9-8(10)7-1-5(2-11)6(3-12)4-13-7/h1,4,8H,3,12H2. The lowest BCUT2D eigenvalue weighted by Crippen LogP contribution is -2.02. The third kappa shape index (κ3) is 1.98. The van der Waals surface area contributed by atoms with Crippen molar-refractivity contribution in [3.8, 4) is 6.07 Å². The van der Waals surface area contributed by atoms with Crippen molar-refractivity contribution in [3.63, 3.8) is 0 Å². The molecule has 1 aromatic rings. The molecule has 0 aromatic carbocycles. The summed E-state index contributed by atoms with van der Waals surface area (Å²) in [5.74, 6) is 0. The van der Waals surface area contributed by atoms with E-state index in [9.17, 15) is 8.78 Å². The Kier molecular flexibility index (Phi) is 2.88. The molecule has 0 saturated carbocycles. The molecule has 1 rings (SSSR count). The van der Waals surface area contributed by atoms with E-state index < -0.39 is 12.1 Å². The van der Waals surface area contributed by atoms with E-state index in [-0.39, 0.29) is 12.1 Å². The van der Waals surface area contributed by atoms with Gasteiger partial charge in [0.1, 0.15) is 5.69 Å². The quantitative estimate of drug-likeness (QED) is 0.752. The summed E-state index contributed by atoms with van der Waals surface area (Å²) in [5, 5.41) is 8.58. The summed E-state index contributed by atoms with van der Waals surface area (Å²) in [5.41, 5.74) is 5.52. The fourth-order valence-corrected chi connectivity index (χ4v) is 0.886. The van der Waals surface area contributed by atoms with Gasteiger partial charge in [0.15, 0.2) is 0 Å². The largest absolute Gasteiger partial charge is 0.326 e. The maximum atomic E-state index is 12.1. The Labute approximate surface area is 73.8 Å². The van der Waals surface area contributed by atoms with Crippen molar-refractivity contribution in [2.24, 2.45) is 5.73 Å². The van der Waals surface area contributed by atoms with E-state index in [2.05, 4.69) is 4.98 Å². The predicted molar refractivity (Wildman–Crippen MR) is 41.8 cm³/mol. The molecule has 68 valence electrons. The van der Waals surface area contributed by atoms with Gasteiger partial charge >= 0.3 is 0 Å². The summed E-state index contributed by atoms with van der Waals surface area (Å²) in [6.45, 7) is 0.124. The van der Waals surface area contributed by atoms with Crippen LogP contribution in [0.1, 0.15) is 23.2 Å². The SMILES string of the molecule is N#Cc1cc(C(F)F)ncc1CN. The van der Waals surface area contributed by atoms with E-state index in [1.807, 2.05) is 0 Å². The van der Waals surface area contributed by atoms with Crippen LogP contribution in [0.25, 0.3) is 0 Å². The van der Waals surface area contributed by atoms with Gasteiger partial charge in [-0.25, -0.2) is 8.78 Å². The van der Waals surface area contributed by atoms with Gasteiger partial charge < -0.3 is 5.73 Å². The third-order valence-corrected chi connectivity index (χ3v) is 1.57. The van der Waals surface area contributed by atoms with Crippen molar-refractivity contribution in [1.29, 1.82) is 5.26 Å². The van der Waals surface area contributed by atoms with Crippen LogP contribution in [0, 0.1) is 11.3 Å². The highest BCUT2D eigenvalue weighted by atomic mass is 19.3. The molecule has 3 nitrogen and oxygen atoms in total. The van der Waals surface area contributed by atoms with Crippen LogP contribution in [0.4, 0.5) is 8.78 Å². The molecule has 0 saturated heterocycles. The minimum Gasteiger partial charge on any atom is -0.326 e. The van der Waals surface area contributed by atoms with Gasteiger partial charge in [-0.15, -0.1) is 0 Å². The second kappa shape index (κ2) is 3.92. The van der Waals surface area contributed by atoms with Gasteiger partial charge in [0.2, 0.25) is 0 Å². The predicted octanol–water partition coefficient (Wildman–Crippen LogP) is 1.35. The number of nitriles is 1. The topological polar surface area (TPSA) is 62.7 Å². The molecule has 1 heterocycles. The maximum absolute atomic E-state index is 12.1. The molecule has 5 heteroatoms. The van der Waals surface area contributed by atoms with E-state index in [1.165, 1.54) is 6.20 Å². The summed E-state index contributed by atoms with van der Waals surface area (Å²) in [4.78, 5) is 3.48. The molecule has 1 aromatic heterocycles. The second-order valence-electron chi connectivity index (χ2n) is 2.38. The first kappa shape index (κ1) is 9.55. The minimum absolute atomic E-state index is 0.124. The lowest BCUT2D eigenvalue weighted by molar-refractivity contribution is 0.146. The van der Waals surface area contributed by atoms with Gasteiger partial charge in [-0.3, -0.25) is 4.98 Å². The van der Waals surface area contributed by atoms with E-state index in [0.29, 0.717) is 5.56 Å². The Hall–Kier alpha value is -1.54. The molecule has 0 unspecified atom stereocenters. The Morgan fingerprint density at radius 3 is 2.77 bits per heavy atom. The number of pyridine rings is 1. The van der Waals surface area contributed by atoms with Gasteiger partial charge in [-0.05, 0) is 6.07 Å². The fraction of sp³-hybridized carbons (Fsp3) is 0.250. The summed E-state index contributed by atoms with van der Waals surface area (Å²) in [7, 11) is 0. The van der Waals surface area contributed by atoms with E-state index >= 15 is 0 Å². The Morgan fingerprint density at radius 1 is 1.62 bits per heavy atom. The lowest BCUT2D eigenvalue weighted by Gasteiger charge is -2.02. The van der Waals surface area contributed by atoms with Crippen LogP contribution in [-0.4, -0.2) is 4.98 Å². The smallest absolute Gasteiger partial charge is 0.280 e. The van der Waals surface area contributed by atoms with E-state index in [0.717, 1.165) is 6.07 Å². The molecule has 0 bridgehead atoms. The van der Waals surface area contributed by atoms with Gasteiger partial charge in [-0.2, -0.15) is 5.26 Å². The molecule has 0 aliphatic heterocycles. The normalized spacial score (nSPS) is 10.1. The van der Waals surface area contributed by atoms with Crippen molar-refractivity contribution in [2.75, 3.05) is 0 Å². The molecule has 0 aliphatic carbocycles. The number of hydrogen-bond acceptors (Lipinski definition) is 3. The monoisotopic (exact) mass is 183 g/mol. The van der Waals surface area contributed by atoms with Gasteiger partial charge in [0.25, 0.3) is 6.43 Å². The average Bonchev–Trinajstić information content (AvgIpc) is 2.16. The minimum atomic E-state index is -2.65. The molecule has 0 fully saturated rings. The van der Waals surface area contributed by atoms with Crippen LogP contribution in [0.3, 0.4) is 0 Å². The number of nitrogens with zero attached hydrogens (tertiary/aromatic N) is 2. The molecule has 0 spiro atoms. The zero-order valence-electron chi connectivity index (χ0n) is 6.67. The van der Waals surface area contributed by atoms with Crippen LogP contribution in [0.5, 0.6) is 0 Å². The van der Waals surface area contributed by atoms with Crippen molar-refractivity contribution in [2.45, 2.75) is 13.0 Å². The number of alkyl halides is 2. The van der Waals surface area contributed by atoms with Crippen LogP contribution in [0.15, 0.2) is 12.3 Å². The molecule has 13 heavy (non-hydrogen) atoms. The first-order chi connectivity index (χ1) is 6.19. The summed E-state index contributed by atoms with van der Waals surface area (Å²) < 4.78 is 24.2. The Balaban J connectivity index is 3.15. The molecule has 0 aliphatic rings. The summed E-state index contributed by atoms with van der Waals surface area (Å²) in [6.07, 6.45) is -1.45. The highest BCUT2D eigenvalue weighted by molar-refractivity contribution is 5.37. The maximum Gasteiger partial charge on any atom is 0.280 e. The first-order valence-electron chi connectivity index (χ1n) is 3.56. The highest BCUT2D eigenvalue weighted by Gasteiger charge is 2.11. The van der Waals surface area contributed by atoms with E-state index in [1.54, 1.807) is 6.07 Å². The second-order valence-corrected chi connectivity index (χ2v) is 2.38. The van der Waals surface area contributed by atoms with Gasteiger partial charge in [-0.1, -0.05) is 0 Å². The average molecular weight is 183 g/mol. The van der Waals surface area contributed by atoms with Crippen LogP contribution < -0.4 is 5.73 Å². The first-order valence-corrected chi connectivity index (χ1v) is 3.56. The molecule has 0 atom stereocenters. The number of rotatable bonds is 2. The summed E-state index contributed by atoms with van der Waals surface area (Å²) in [6, 6.07) is 2.85. The zero-order valence-corrected chi connectivity index (χ0v) is 6.67. The van der Waals surface area contributed by atoms with Crippen molar-refractivity contribution in [1.82, 2.24) is 4.98 Å². The zero-order chi connectivity index (χ0) is 9.84. The summed E-state index contributed by atoms with van der Waals surface area (Å²) >= 11 is 0. The van der Waals surface area contributed by atoms with Crippen LogP contribution >= 0.6 is 0 Å². The molecule has 2 N–H and O–H groups in total. The van der Waals surface area contributed by atoms with E-state index in [4.69, 9.17) is 11.0 Å². The molecule has 0 radical (unpaired) electrons. The Bertz CT molecular complexity index is 344. The number of halogens is 2. The molecular weight excluding hydrogens is 176 g/mol. The number of aromatic nitrogens is 1. The van der Waals surface area contributed by atoms with Crippen molar-refractivity contribution < 1.29 is 8.78 Å². The third-order valence-electron chi connectivity index (χ3n) is 1.57. The lowest BCUT2D eigenvalue weighted by atomic mass is 10.1. The number of hydrogen-bond donors (Lipinski definition) is 1. The van der Waals surface area contributed by atoms with Crippen LogP contribution in [-0.2, 0) is 6.54 Å². The van der Waals surface area contributed by atoms with Crippen molar-refractivity contribution in [3.05, 3.63) is 29.1 Å². The fourth-order valence-electron chi connectivity index (χ4n) is 0.886. The highest BCUT2D eigenvalue weighted by Crippen LogP contribution is 2.18. The van der Waals surface area contributed by atoms with Crippen molar-refractivity contribution >= 4 is 0 Å². The molecule has 0 amide bonds. The van der Waals surface area contributed by atoms with Gasteiger partial charge in [0, 0.05) is 18.3 Å².